The van der Waals surface area contributed by atoms with Gasteiger partial charge in [0.2, 0.25) is 0 Å². The molecule has 0 aliphatic carbocycles. The number of rotatable bonds is 6. The summed E-state index contributed by atoms with van der Waals surface area (Å²) >= 11 is 0. The number of nitrogens with zero attached hydrogens (tertiary/aromatic N) is 2. The number of aromatic carboxylic acids is 1. The molecule has 0 unspecified atom stereocenters. The lowest BCUT2D eigenvalue weighted by Crippen LogP contribution is -2.16. The van der Waals surface area contributed by atoms with Crippen molar-refractivity contribution in [2.75, 3.05) is 5.32 Å². The summed E-state index contributed by atoms with van der Waals surface area (Å²) in [6.45, 7) is 3.51. The quantitative estimate of drug-likeness (QED) is 0.604. The van der Waals surface area contributed by atoms with E-state index in [9.17, 15) is 25.0 Å². The third-order valence-electron chi connectivity index (χ3n) is 2.74. The molecule has 20 heavy (non-hydrogen) atoms. The molecule has 0 saturated heterocycles. The smallest absolute Gasteiger partial charge is 0.336 e. The van der Waals surface area contributed by atoms with Gasteiger partial charge in [-0.2, -0.15) is 0 Å². The Bertz CT molecular complexity index is 536. The Balaban J connectivity index is 3.55. The van der Waals surface area contributed by atoms with Gasteiger partial charge >= 0.3 is 5.97 Å². The van der Waals surface area contributed by atoms with Crippen LogP contribution in [-0.4, -0.2) is 27.0 Å². The highest BCUT2D eigenvalue weighted by Crippen LogP contribution is 2.36. The van der Waals surface area contributed by atoms with Crippen molar-refractivity contribution in [1.82, 2.24) is 0 Å². The monoisotopic (exact) mass is 283 g/mol. The minimum atomic E-state index is -1.47. The van der Waals surface area contributed by atoms with Crippen molar-refractivity contribution < 1.29 is 19.7 Å². The van der Waals surface area contributed by atoms with E-state index in [2.05, 4.69) is 5.32 Å². The second-order valence-corrected chi connectivity index (χ2v) is 4.16. The molecular weight excluding hydrogens is 270 g/mol. The second-order valence-electron chi connectivity index (χ2n) is 4.16. The Morgan fingerprint density at radius 3 is 2.05 bits per heavy atom. The number of nitro groups is 2. The fourth-order valence-electron chi connectivity index (χ4n) is 1.52. The van der Waals surface area contributed by atoms with Crippen LogP contribution in [0.5, 0.6) is 0 Å². The van der Waals surface area contributed by atoms with Gasteiger partial charge in [0.05, 0.1) is 15.4 Å². The maximum absolute atomic E-state index is 11.0. The van der Waals surface area contributed by atoms with Gasteiger partial charge in [-0.25, -0.2) is 4.79 Å². The molecule has 0 bridgehead atoms. The van der Waals surface area contributed by atoms with Crippen LogP contribution >= 0.6 is 0 Å². The predicted octanol–water partition coefficient (Wildman–Crippen LogP) is 2.41. The molecule has 0 fully saturated rings. The zero-order valence-corrected chi connectivity index (χ0v) is 10.8. The molecule has 0 spiro atoms. The summed E-state index contributed by atoms with van der Waals surface area (Å²) in [7, 11) is 0. The minimum absolute atomic E-state index is 0.233. The first kappa shape index (κ1) is 15.3. The largest absolute Gasteiger partial charge is 0.478 e. The van der Waals surface area contributed by atoms with Crippen molar-refractivity contribution in [1.29, 1.82) is 0 Å². The summed E-state index contributed by atoms with van der Waals surface area (Å²) in [6, 6.07) is 1.38. The summed E-state index contributed by atoms with van der Waals surface area (Å²) in [5, 5.41) is 33.5. The molecule has 0 heterocycles. The number of nitrogens with one attached hydrogen (secondary N) is 1. The van der Waals surface area contributed by atoms with Gasteiger partial charge in [-0.1, -0.05) is 6.92 Å². The molecule has 0 aliphatic heterocycles. The van der Waals surface area contributed by atoms with E-state index in [0.717, 1.165) is 12.1 Å². The van der Waals surface area contributed by atoms with Gasteiger partial charge in [0, 0.05) is 18.2 Å². The molecular formula is C11H13N3O6. The molecule has 1 aromatic rings. The highest BCUT2D eigenvalue weighted by Gasteiger charge is 2.29. The molecule has 108 valence electrons. The minimum Gasteiger partial charge on any atom is -0.478 e. The lowest BCUT2D eigenvalue weighted by molar-refractivity contribution is -0.392. The van der Waals surface area contributed by atoms with Crippen molar-refractivity contribution in [3.63, 3.8) is 0 Å². The maximum Gasteiger partial charge on any atom is 0.336 e. The Morgan fingerprint density at radius 1 is 1.30 bits per heavy atom. The molecule has 0 aromatic heterocycles. The first-order valence-electron chi connectivity index (χ1n) is 5.74. The standard InChI is InChI=1S/C11H13N3O6/c1-3-6(2)12-10-8(13(17)18)4-7(11(15)16)5-9(10)14(19)20/h4-6,12H,3H2,1-2H3,(H,15,16)/t6-/m0/s1. The molecule has 1 rings (SSSR count). The normalized spacial score (nSPS) is 11.7. The van der Waals surface area contributed by atoms with Crippen molar-refractivity contribution in [3.8, 4) is 0 Å². The molecule has 9 heteroatoms. The third-order valence-corrected chi connectivity index (χ3v) is 2.74. The van der Waals surface area contributed by atoms with Crippen LogP contribution in [-0.2, 0) is 0 Å². The van der Waals surface area contributed by atoms with E-state index in [-0.39, 0.29) is 11.7 Å². The average molecular weight is 283 g/mol. The zero-order valence-electron chi connectivity index (χ0n) is 10.8. The van der Waals surface area contributed by atoms with E-state index < -0.39 is 32.8 Å². The van der Waals surface area contributed by atoms with Gasteiger partial charge < -0.3 is 10.4 Å². The maximum atomic E-state index is 11.0. The predicted molar refractivity (Wildman–Crippen MR) is 70.1 cm³/mol. The molecule has 0 aliphatic rings. The Morgan fingerprint density at radius 2 is 1.75 bits per heavy atom. The van der Waals surface area contributed by atoms with Crippen LogP contribution in [0.2, 0.25) is 0 Å². The summed E-state index contributed by atoms with van der Waals surface area (Å²) in [5.41, 5.74) is -2.04. The van der Waals surface area contributed by atoms with Crippen LogP contribution in [0.15, 0.2) is 12.1 Å². The van der Waals surface area contributed by atoms with Crippen LogP contribution in [0.4, 0.5) is 17.1 Å². The lowest BCUT2D eigenvalue weighted by Gasteiger charge is -2.13. The van der Waals surface area contributed by atoms with E-state index in [1.807, 2.05) is 0 Å². The SMILES string of the molecule is CC[C@H](C)Nc1c([N+](=O)[O-])cc(C(=O)O)cc1[N+](=O)[O-]. The van der Waals surface area contributed by atoms with Gasteiger partial charge in [0.15, 0.2) is 5.69 Å². The zero-order chi connectivity index (χ0) is 15.4. The molecule has 9 nitrogen and oxygen atoms in total. The van der Waals surface area contributed by atoms with Gasteiger partial charge in [-0.15, -0.1) is 0 Å². The summed E-state index contributed by atoms with van der Waals surface area (Å²) in [6.07, 6.45) is 0.592. The highest BCUT2D eigenvalue weighted by atomic mass is 16.6. The number of hydrogen-bond donors (Lipinski definition) is 2. The summed E-state index contributed by atoms with van der Waals surface area (Å²) in [4.78, 5) is 31.2. The fraction of sp³-hybridized carbons (Fsp3) is 0.364. The van der Waals surface area contributed by atoms with E-state index in [0.29, 0.717) is 6.42 Å². The summed E-state index contributed by atoms with van der Waals surface area (Å²) in [5.74, 6) is -1.47. The third kappa shape index (κ3) is 3.19. The number of carbonyl (C=O) groups is 1. The van der Waals surface area contributed by atoms with Crippen LogP contribution in [0, 0.1) is 20.2 Å². The Kier molecular flexibility index (Phi) is 4.57. The highest BCUT2D eigenvalue weighted by molar-refractivity contribution is 5.92. The van der Waals surface area contributed by atoms with Crippen molar-refractivity contribution in [3.05, 3.63) is 37.9 Å². The van der Waals surface area contributed by atoms with Gasteiger partial charge in [-0.05, 0) is 13.3 Å². The fourth-order valence-corrected chi connectivity index (χ4v) is 1.52. The number of nitro benzene ring substituents is 2. The molecule has 2 N–H and O–H groups in total. The van der Waals surface area contributed by atoms with Gasteiger partial charge in [0.1, 0.15) is 0 Å². The van der Waals surface area contributed by atoms with Crippen molar-refractivity contribution in [2.24, 2.45) is 0 Å². The Hall–Kier alpha value is -2.71. The van der Waals surface area contributed by atoms with Crippen LogP contribution in [0.25, 0.3) is 0 Å². The number of hydrogen-bond acceptors (Lipinski definition) is 6. The summed E-state index contributed by atoms with van der Waals surface area (Å²) < 4.78 is 0. The number of anilines is 1. The van der Waals surface area contributed by atoms with E-state index in [1.54, 1.807) is 13.8 Å². The lowest BCUT2D eigenvalue weighted by atomic mass is 10.1. The van der Waals surface area contributed by atoms with Crippen LogP contribution < -0.4 is 5.32 Å². The van der Waals surface area contributed by atoms with E-state index in [1.165, 1.54) is 0 Å². The van der Waals surface area contributed by atoms with Crippen molar-refractivity contribution >= 4 is 23.0 Å². The number of benzene rings is 1. The molecule has 1 aromatic carbocycles. The molecule has 0 amide bonds. The van der Waals surface area contributed by atoms with Crippen LogP contribution in [0.1, 0.15) is 30.6 Å². The van der Waals surface area contributed by atoms with Crippen molar-refractivity contribution in [2.45, 2.75) is 26.3 Å². The molecule has 0 saturated carbocycles. The van der Waals surface area contributed by atoms with Gasteiger partial charge in [-0.3, -0.25) is 20.2 Å². The second kappa shape index (κ2) is 5.95. The topological polar surface area (TPSA) is 136 Å². The van der Waals surface area contributed by atoms with Gasteiger partial charge in [0.25, 0.3) is 11.4 Å². The molecule has 1 atom stereocenters. The number of carboxylic acids is 1. The molecule has 0 radical (unpaired) electrons. The average Bonchev–Trinajstić information content (AvgIpc) is 2.37. The van der Waals surface area contributed by atoms with Crippen LogP contribution in [0.3, 0.4) is 0 Å². The first-order chi connectivity index (χ1) is 9.27. The van der Waals surface area contributed by atoms with E-state index in [4.69, 9.17) is 5.11 Å². The Labute approximate surface area is 113 Å². The number of carboxylic acid groups (broad SMARTS) is 1. The van der Waals surface area contributed by atoms with E-state index >= 15 is 0 Å². The first-order valence-corrected chi connectivity index (χ1v) is 5.74.